The third-order valence-corrected chi connectivity index (χ3v) is 4.28. The van der Waals surface area contributed by atoms with Gasteiger partial charge >= 0.3 is 5.97 Å². The van der Waals surface area contributed by atoms with Crippen LogP contribution in [0.2, 0.25) is 0 Å². The normalized spacial score (nSPS) is 11.8. The minimum absolute atomic E-state index is 0.0572. The highest BCUT2D eigenvalue weighted by atomic mass is 19.1. The summed E-state index contributed by atoms with van der Waals surface area (Å²) in [5, 5.41) is 14.5. The lowest BCUT2D eigenvalue weighted by Crippen LogP contribution is -2.31. The molecule has 0 aliphatic carbocycles. The van der Waals surface area contributed by atoms with E-state index in [2.05, 4.69) is 10.4 Å². The maximum Gasteiger partial charge on any atom is 0.305 e. The van der Waals surface area contributed by atoms with Gasteiger partial charge < -0.3 is 10.4 Å². The first kappa shape index (κ1) is 19.1. The lowest BCUT2D eigenvalue weighted by molar-refractivity contribution is -0.137. The fourth-order valence-electron chi connectivity index (χ4n) is 2.95. The molecule has 1 aromatic heterocycles. The number of nitrogens with one attached hydrogen (secondary N) is 2. The summed E-state index contributed by atoms with van der Waals surface area (Å²) in [4.78, 5) is 36.0. The quantitative estimate of drug-likeness (QED) is 0.608. The summed E-state index contributed by atoms with van der Waals surface area (Å²) in [6, 6.07) is 12.8. The van der Waals surface area contributed by atoms with Gasteiger partial charge in [0, 0.05) is 6.07 Å². The number of halogens is 1. The molecule has 0 radical (unpaired) electrons. The van der Waals surface area contributed by atoms with Gasteiger partial charge in [-0.15, -0.1) is 0 Å². The molecule has 0 unspecified atom stereocenters. The van der Waals surface area contributed by atoms with E-state index in [1.165, 1.54) is 18.2 Å². The number of rotatable bonds is 6. The van der Waals surface area contributed by atoms with Crippen molar-refractivity contribution in [3.05, 3.63) is 87.6 Å². The molecule has 1 atom stereocenters. The van der Waals surface area contributed by atoms with Gasteiger partial charge in [-0.25, -0.2) is 9.07 Å². The van der Waals surface area contributed by atoms with Gasteiger partial charge in [-0.3, -0.25) is 19.5 Å². The van der Waals surface area contributed by atoms with Gasteiger partial charge in [0.2, 0.25) is 0 Å². The largest absolute Gasteiger partial charge is 0.481 e. The topological polar surface area (TPSA) is 104 Å². The fourth-order valence-corrected chi connectivity index (χ4v) is 2.95. The van der Waals surface area contributed by atoms with Crippen LogP contribution in [0.3, 0.4) is 0 Å². The molecule has 0 aliphatic rings. The Bertz CT molecular complexity index is 1090. The molecule has 7 nitrogen and oxygen atoms in total. The van der Waals surface area contributed by atoms with Crippen LogP contribution in [0.1, 0.15) is 34.1 Å². The Morgan fingerprint density at radius 3 is 2.61 bits per heavy atom. The smallest absolute Gasteiger partial charge is 0.305 e. The molecule has 0 saturated heterocycles. The van der Waals surface area contributed by atoms with E-state index in [9.17, 15) is 23.9 Å². The standard InChI is InChI=1S/C20H18FN3O4/c1-12-5-2-3-8-15(12)16(11-19(26)27)22-20(28)17-10-18(25)24(23-17)14-7-4-6-13(21)9-14/h2-10,16,23H,11H2,1H3,(H,22,28)(H,26,27)/t16-/m0/s1. The van der Waals surface area contributed by atoms with E-state index in [0.717, 1.165) is 22.4 Å². The van der Waals surface area contributed by atoms with E-state index in [1.807, 2.05) is 19.1 Å². The number of aliphatic carboxylic acids is 1. The van der Waals surface area contributed by atoms with E-state index >= 15 is 0 Å². The fraction of sp³-hybridized carbons (Fsp3) is 0.150. The summed E-state index contributed by atoms with van der Waals surface area (Å²) in [6.07, 6.45) is -0.314. The summed E-state index contributed by atoms with van der Waals surface area (Å²) in [5.74, 6) is -2.23. The zero-order valence-corrected chi connectivity index (χ0v) is 15.0. The summed E-state index contributed by atoms with van der Waals surface area (Å²) in [5.41, 5.74) is 1.15. The highest BCUT2D eigenvalue weighted by Crippen LogP contribution is 2.21. The van der Waals surface area contributed by atoms with Crippen molar-refractivity contribution in [1.29, 1.82) is 0 Å². The van der Waals surface area contributed by atoms with Gasteiger partial charge in [-0.2, -0.15) is 0 Å². The molecule has 0 aliphatic heterocycles. The highest BCUT2D eigenvalue weighted by Gasteiger charge is 2.22. The van der Waals surface area contributed by atoms with Crippen LogP contribution in [0.25, 0.3) is 5.69 Å². The summed E-state index contributed by atoms with van der Waals surface area (Å²) < 4.78 is 14.4. The molecule has 0 bridgehead atoms. The van der Waals surface area contributed by atoms with Crippen LogP contribution < -0.4 is 10.9 Å². The number of carbonyl (C=O) groups is 2. The average molecular weight is 383 g/mol. The van der Waals surface area contributed by atoms with Crippen LogP contribution in [0.5, 0.6) is 0 Å². The molecule has 3 N–H and O–H groups in total. The molecule has 1 amide bonds. The van der Waals surface area contributed by atoms with Gasteiger partial charge in [-0.05, 0) is 36.2 Å². The predicted molar refractivity (Wildman–Crippen MR) is 100.0 cm³/mol. The Morgan fingerprint density at radius 2 is 1.93 bits per heavy atom. The Balaban J connectivity index is 1.89. The number of amides is 1. The number of hydrogen-bond acceptors (Lipinski definition) is 3. The maximum atomic E-state index is 13.4. The summed E-state index contributed by atoms with van der Waals surface area (Å²) in [6.45, 7) is 1.82. The zero-order chi connectivity index (χ0) is 20.3. The number of carboxylic acids is 1. The van der Waals surface area contributed by atoms with Crippen molar-refractivity contribution in [2.45, 2.75) is 19.4 Å². The number of aromatic nitrogens is 2. The maximum absolute atomic E-state index is 13.4. The average Bonchev–Trinajstić information content (AvgIpc) is 3.03. The Hall–Kier alpha value is -3.68. The molecule has 3 rings (SSSR count). The monoisotopic (exact) mass is 383 g/mol. The van der Waals surface area contributed by atoms with Crippen molar-refractivity contribution in [2.75, 3.05) is 0 Å². The lowest BCUT2D eigenvalue weighted by Gasteiger charge is -2.19. The van der Waals surface area contributed by atoms with Gasteiger partial charge in [-0.1, -0.05) is 30.3 Å². The number of benzene rings is 2. The first-order chi connectivity index (χ1) is 13.3. The van der Waals surface area contributed by atoms with Crippen molar-refractivity contribution in [3.63, 3.8) is 0 Å². The molecule has 0 spiro atoms. The predicted octanol–water partition coefficient (Wildman–Crippen LogP) is 2.56. The third kappa shape index (κ3) is 4.17. The number of hydrogen-bond donors (Lipinski definition) is 3. The Labute approximate surface area is 159 Å². The molecule has 8 heteroatoms. The Morgan fingerprint density at radius 1 is 1.18 bits per heavy atom. The van der Waals surface area contributed by atoms with E-state index in [4.69, 9.17) is 0 Å². The molecule has 0 fully saturated rings. The minimum Gasteiger partial charge on any atom is -0.481 e. The first-order valence-electron chi connectivity index (χ1n) is 8.51. The molecular weight excluding hydrogens is 365 g/mol. The highest BCUT2D eigenvalue weighted by molar-refractivity contribution is 5.92. The molecule has 0 saturated carbocycles. The van der Waals surface area contributed by atoms with Gasteiger partial charge in [0.05, 0.1) is 18.2 Å². The molecule has 1 heterocycles. The second kappa shape index (κ2) is 7.91. The first-order valence-corrected chi connectivity index (χ1v) is 8.51. The summed E-state index contributed by atoms with van der Waals surface area (Å²) in [7, 11) is 0. The van der Waals surface area contributed by atoms with Gasteiger partial charge in [0.1, 0.15) is 11.5 Å². The van der Waals surface area contributed by atoms with Crippen LogP contribution in [-0.2, 0) is 4.79 Å². The number of aromatic amines is 1. The SMILES string of the molecule is Cc1ccccc1[C@H](CC(=O)O)NC(=O)c1cc(=O)n(-c2cccc(F)c2)[nH]1. The van der Waals surface area contributed by atoms with Crippen molar-refractivity contribution in [1.82, 2.24) is 15.1 Å². The number of aryl methyl sites for hydroxylation is 1. The molecule has 2 aromatic carbocycles. The molecule has 28 heavy (non-hydrogen) atoms. The van der Waals surface area contributed by atoms with Crippen LogP contribution in [0.15, 0.2) is 59.4 Å². The van der Waals surface area contributed by atoms with E-state index in [0.29, 0.717) is 5.56 Å². The van der Waals surface area contributed by atoms with Crippen LogP contribution in [-0.4, -0.2) is 26.8 Å². The van der Waals surface area contributed by atoms with Crippen molar-refractivity contribution in [2.24, 2.45) is 0 Å². The lowest BCUT2D eigenvalue weighted by atomic mass is 9.98. The second-order valence-corrected chi connectivity index (χ2v) is 6.30. The van der Waals surface area contributed by atoms with Gasteiger partial charge in [0.25, 0.3) is 11.5 Å². The van der Waals surface area contributed by atoms with Gasteiger partial charge in [0.15, 0.2) is 0 Å². The zero-order valence-electron chi connectivity index (χ0n) is 15.0. The van der Waals surface area contributed by atoms with Crippen molar-refractivity contribution < 1.29 is 19.1 Å². The Kier molecular flexibility index (Phi) is 5.39. The molecule has 144 valence electrons. The number of carboxylic acid groups (broad SMARTS) is 1. The van der Waals surface area contributed by atoms with Crippen LogP contribution in [0, 0.1) is 12.7 Å². The number of carbonyl (C=O) groups excluding carboxylic acids is 1. The third-order valence-electron chi connectivity index (χ3n) is 4.28. The van der Waals surface area contributed by atoms with Crippen LogP contribution >= 0.6 is 0 Å². The van der Waals surface area contributed by atoms with E-state index in [1.54, 1.807) is 12.1 Å². The van der Waals surface area contributed by atoms with E-state index in [-0.39, 0.29) is 17.8 Å². The van der Waals surface area contributed by atoms with Crippen LogP contribution in [0.4, 0.5) is 4.39 Å². The van der Waals surface area contributed by atoms with Crippen molar-refractivity contribution in [3.8, 4) is 5.69 Å². The van der Waals surface area contributed by atoms with E-state index < -0.39 is 29.3 Å². The molecule has 3 aromatic rings. The second-order valence-electron chi connectivity index (χ2n) is 6.30. The van der Waals surface area contributed by atoms with Crippen molar-refractivity contribution >= 4 is 11.9 Å². The number of nitrogens with zero attached hydrogens (tertiary/aromatic N) is 1. The number of H-pyrrole nitrogens is 1. The minimum atomic E-state index is -1.07. The molecular formula is C20H18FN3O4. The summed E-state index contributed by atoms with van der Waals surface area (Å²) >= 11 is 0.